The Morgan fingerprint density at radius 1 is 1.53 bits per heavy atom. The SMILES string of the molecule is COc1ccc(C(=O)NCc2csc(C)n2)c(N)c1. The van der Waals surface area contributed by atoms with Gasteiger partial charge in [0.15, 0.2) is 0 Å². The normalized spacial score (nSPS) is 10.2. The number of nitrogens with zero attached hydrogens (tertiary/aromatic N) is 1. The van der Waals surface area contributed by atoms with Gasteiger partial charge in [-0.05, 0) is 19.1 Å². The third kappa shape index (κ3) is 3.23. The average molecular weight is 277 g/mol. The number of nitrogen functional groups attached to an aromatic ring is 1. The van der Waals surface area contributed by atoms with E-state index >= 15 is 0 Å². The predicted molar refractivity (Wildman–Crippen MR) is 75.4 cm³/mol. The van der Waals surface area contributed by atoms with E-state index < -0.39 is 0 Å². The van der Waals surface area contributed by atoms with E-state index in [4.69, 9.17) is 10.5 Å². The molecule has 1 amide bonds. The van der Waals surface area contributed by atoms with Gasteiger partial charge in [-0.3, -0.25) is 4.79 Å². The number of aromatic nitrogens is 1. The number of anilines is 1. The highest BCUT2D eigenvalue weighted by atomic mass is 32.1. The zero-order valence-corrected chi connectivity index (χ0v) is 11.6. The van der Waals surface area contributed by atoms with E-state index in [0.29, 0.717) is 23.5 Å². The lowest BCUT2D eigenvalue weighted by Crippen LogP contribution is -2.24. The van der Waals surface area contributed by atoms with Crippen molar-refractivity contribution in [2.75, 3.05) is 12.8 Å². The molecule has 2 aromatic rings. The summed E-state index contributed by atoms with van der Waals surface area (Å²) in [4.78, 5) is 16.3. The molecule has 0 fully saturated rings. The molecule has 0 saturated heterocycles. The van der Waals surface area contributed by atoms with Crippen molar-refractivity contribution in [1.82, 2.24) is 10.3 Å². The summed E-state index contributed by atoms with van der Waals surface area (Å²) in [6.45, 7) is 2.33. The van der Waals surface area contributed by atoms with Crippen molar-refractivity contribution in [2.24, 2.45) is 0 Å². The Morgan fingerprint density at radius 3 is 2.89 bits per heavy atom. The van der Waals surface area contributed by atoms with Gasteiger partial charge in [-0.1, -0.05) is 0 Å². The fraction of sp³-hybridized carbons (Fsp3) is 0.231. The lowest BCUT2D eigenvalue weighted by Gasteiger charge is -2.08. The minimum Gasteiger partial charge on any atom is -0.497 e. The molecule has 0 saturated carbocycles. The molecule has 5 nitrogen and oxygen atoms in total. The molecule has 0 radical (unpaired) electrons. The average Bonchev–Trinajstić information content (AvgIpc) is 2.81. The Morgan fingerprint density at radius 2 is 2.32 bits per heavy atom. The number of aryl methyl sites for hydroxylation is 1. The van der Waals surface area contributed by atoms with Crippen LogP contribution < -0.4 is 15.8 Å². The lowest BCUT2D eigenvalue weighted by molar-refractivity contribution is 0.0951. The van der Waals surface area contributed by atoms with Crippen LogP contribution in [0.25, 0.3) is 0 Å². The molecule has 0 aliphatic carbocycles. The summed E-state index contributed by atoms with van der Waals surface area (Å²) in [5.74, 6) is 0.412. The summed E-state index contributed by atoms with van der Waals surface area (Å²) in [7, 11) is 1.55. The summed E-state index contributed by atoms with van der Waals surface area (Å²) in [6, 6.07) is 4.98. The number of nitrogens with two attached hydrogens (primary N) is 1. The second-order valence-electron chi connectivity index (χ2n) is 3.99. The van der Waals surface area contributed by atoms with Crippen LogP contribution >= 0.6 is 11.3 Å². The first-order valence-electron chi connectivity index (χ1n) is 5.73. The number of thiazole rings is 1. The number of nitrogens with one attached hydrogen (secondary N) is 1. The molecular weight excluding hydrogens is 262 g/mol. The largest absolute Gasteiger partial charge is 0.497 e. The zero-order valence-electron chi connectivity index (χ0n) is 10.8. The number of hydrogen-bond acceptors (Lipinski definition) is 5. The van der Waals surface area contributed by atoms with Gasteiger partial charge in [-0.2, -0.15) is 0 Å². The topological polar surface area (TPSA) is 77.2 Å². The minimum absolute atomic E-state index is 0.217. The van der Waals surface area contributed by atoms with Gasteiger partial charge in [-0.25, -0.2) is 4.98 Å². The van der Waals surface area contributed by atoms with Crippen molar-refractivity contribution in [1.29, 1.82) is 0 Å². The first kappa shape index (κ1) is 13.4. The highest BCUT2D eigenvalue weighted by Gasteiger charge is 2.10. The van der Waals surface area contributed by atoms with Gasteiger partial charge in [0.2, 0.25) is 0 Å². The quantitative estimate of drug-likeness (QED) is 0.838. The number of hydrogen-bond donors (Lipinski definition) is 2. The second-order valence-corrected chi connectivity index (χ2v) is 5.06. The van der Waals surface area contributed by atoms with E-state index in [2.05, 4.69) is 10.3 Å². The molecule has 1 heterocycles. The molecule has 2 rings (SSSR count). The van der Waals surface area contributed by atoms with Crippen LogP contribution in [0.15, 0.2) is 23.6 Å². The van der Waals surface area contributed by atoms with Crippen LogP contribution in [-0.2, 0) is 6.54 Å². The van der Waals surface area contributed by atoms with Crippen molar-refractivity contribution >= 4 is 22.9 Å². The van der Waals surface area contributed by atoms with Gasteiger partial charge in [0.25, 0.3) is 5.91 Å². The second kappa shape index (κ2) is 5.71. The van der Waals surface area contributed by atoms with Gasteiger partial charge in [0.05, 0.1) is 29.9 Å². The number of carbonyl (C=O) groups excluding carboxylic acids is 1. The molecule has 0 aliphatic rings. The molecule has 1 aromatic carbocycles. The number of rotatable bonds is 4. The maximum Gasteiger partial charge on any atom is 0.253 e. The molecule has 0 aliphatic heterocycles. The van der Waals surface area contributed by atoms with Crippen LogP contribution in [0.4, 0.5) is 5.69 Å². The fourth-order valence-corrected chi connectivity index (χ4v) is 2.24. The van der Waals surface area contributed by atoms with Gasteiger partial charge < -0.3 is 15.8 Å². The number of benzene rings is 1. The van der Waals surface area contributed by atoms with E-state index in [1.165, 1.54) is 0 Å². The van der Waals surface area contributed by atoms with Crippen LogP contribution in [0.1, 0.15) is 21.1 Å². The van der Waals surface area contributed by atoms with Crippen molar-refractivity contribution in [3.8, 4) is 5.75 Å². The number of ether oxygens (including phenoxy) is 1. The first-order chi connectivity index (χ1) is 9.10. The van der Waals surface area contributed by atoms with E-state index in [9.17, 15) is 4.79 Å². The van der Waals surface area contributed by atoms with Gasteiger partial charge in [0.1, 0.15) is 5.75 Å². The summed E-state index contributed by atoms with van der Waals surface area (Å²) >= 11 is 1.56. The van der Waals surface area contributed by atoms with Crippen LogP contribution in [0.3, 0.4) is 0 Å². The fourth-order valence-electron chi connectivity index (χ4n) is 1.63. The minimum atomic E-state index is -0.217. The molecule has 1 aromatic heterocycles. The van der Waals surface area contributed by atoms with E-state index in [0.717, 1.165) is 10.7 Å². The van der Waals surface area contributed by atoms with Crippen molar-refractivity contribution in [2.45, 2.75) is 13.5 Å². The van der Waals surface area contributed by atoms with Crippen molar-refractivity contribution in [3.05, 3.63) is 39.8 Å². The smallest absolute Gasteiger partial charge is 0.253 e. The third-order valence-electron chi connectivity index (χ3n) is 2.60. The maximum absolute atomic E-state index is 12.0. The monoisotopic (exact) mass is 277 g/mol. The molecule has 0 atom stereocenters. The standard InChI is InChI=1S/C13H15N3O2S/c1-8-16-9(7-19-8)6-15-13(17)11-4-3-10(18-2)5-12(11)14/h3-5,7H,6,14H2,1-2H3,(H,15,17). The Bertz CT molecular complexity index is 595. The molecule has 19 heavy (non-hydrogen) atoms. The molecule has 6 heteroatoms. The van der Waals surface area contributed by atoms with E-state index in [1.54, 1.807) is 36.6 Å². The molecule has 100 valence electrons. The van der Waals surface area contributed by atoms with Crippen LogP contribution in [0.5, 0.6) is 5.75 Å². The molecular formula is C13H15N3O2S. The first-order valence-corrected chi connectivity index (χ1v) is 6.61. The molecule has 3 N–H and O–H groups in total. The molecule has 0 bridgehead atoms. The number of methoxy groups -OCH3 is 1. The number of amides is 1. The van der Waals surface area contributed by atoms with Gasteiger partial charge >= 0.3 is 0 Å². The number of carbonyl (C=O) groups is 1. The molecule has 0 spiro atoms. The van der Waals surface area contributed by atoms with Crippen molar-refractivity contribution in [3.63, 3.8) is 0 Å². The maximum atomic E-state index is 12.0. The zero-order chi connectivity index (χ0) is 13.8. The summed E-state index contributed by atoms with van der Waals surface area (Å²) in [5, 5.41) is 5.69. The van der Waals surface area contributed by atoms with Gasteiger partial charge in [-0.15, -0.1) is 11.3 Å². The Balaban J connectivity index is 2.03. The lowest BCUT2D eigenvalue weighted by atomic mass is 10.1. The Hall–Kier alpha value is -2.08. The van der Waals surface area contributed by atoms with Crippen LogP contribution in [0.2, 0.25) is 0 Å². The highest BCUT2D eigenvalue weighted by Crippen LogP contribution is 2.19. The van der Waals surface area contributed by atoms with Gasteiger partial charge in [0, 0.05) is 17.1 Å². The van der Waals surface area contributed by atoms with E-state index in [1.807, 2.05) is 12.3 Å². The van der Waals surface area contributed by atoms with Crippen LogP contribution in [-0.4, -0.2) is 18.0 Å². The predicted octanol–water partition coefficient (Wildman–Crippen LogP) is 1.97. The Kier molecular flexibility index (Phi) is 4.01. The Labute approximate surface area is 115 Å². The molecule has 0 unspecified atom stereocenters. The van der Waals surface area contributed by atoms with E-state index in [-0.39, 0.29) is 5.91 Å². The van der Waals surface area contributed by atoms with Crippen LogP contribution in [0, 0.1) is 6.92 Å². The summed E-state index contributed by atoms with van der Waals surface area (Å²) in [6.07, 6.45) is 0. The summed E-state index contributed by atoms with van der Waals surface area (Å²) < 4.78 is 5.04. The summed E-state index contributed by atoms with van der Waals surface area (Å²) in [5.41, 5.74) is 7.50. The third-order valence-corrected chi connectivity index (χ3v) is 3.42. The van der Waals surface area contributed by atoms with Crippen molar-refractivity contribution < 1.29 is 9.53 Å². The highest BCUT2D eigenvalue weighted by molar-refractivity contribution is 7.09.